The highest BCUT2D eigenvalue weighted by atomic mass is 19.1. The molecule has 2 heterocycles. The van der Waals surface area contributed by atoms with Crippen LogP contribution in [0.2, 0.25) is 0 Å². The number of hydrogen-bond donors (Lipinski definition) is 1. The molecule has 106 valence electrons. The number of benzene rings is 1. The molecule has 2 fully saturated rings. The van der Waals surface area contributed by atoms with Crippen molar-refractivity contribution in [2.24, 2.45) is 0 Å². The van der Waals surface area contributed by atoms with Crippen LogP contribution in [0.15, 0.2) is 18.2 Å². The molecule has 1 N–H and O–H groups in total. The molecular formula is C15H18FN3O. The number of rotatable bonds is 3. The number of halogens is 1. The zero-order chi connectivity index (χ0) is 13.9. The summed E-state index contributed by atoms with van der Waals surface area (Å²) >= 11 is 0. The minimum absolute atomic E-state index is 0.0735. The number of fused-ring (bicyclic) bond motifs is 1. The fraction of sp³-hybridized carbons (Fsp3) is 0.533. The quantitative estimate of drug-likeness (QED) is 0.916. The highest BCUT2D eigenvalue weighted by Gasteiger charge is 2.31. The summed E-state index contributed by atoms with van der Waals surface area (Å²) in [7, 11) is 0. The van der Waals surface area contributed by atoms with Crippen molar-refractivity contribution in [1.82, 2.24) is 4.90 Å². The molecule has 0 aromatic heterocycles. The summed E-state index contributed by atoms with van der Waals surface area (Å²) in [6.45, 7) is 3.56. The maximum absolute atomic E-state index is 13.5. The minimum Gasteiger partial charge on any atom is -0.382 e. The van der Waals surface area contributed by atoms with E-state index in [4.69, 9.17) is 10.00 Å². The molecule has 2 aliphatic heterocycles. The Hall–Kier alpha value is -1.64. The molecule has 20 heavy (non-hydrogen) atoms. The average molecular weight is 275 g/mol. The van der Waals surface area contributed by atoms with Crippen LogP contribution in [-0.2, 0) is 4.74 Å². The monoisotopic (exact) mass is 275 g/mol. The van der Waals surface area contributed by atoms with Gasteiger partial charge in [0.25, 0.3) is 0 Å². The minimum atomic E-state index is -0.485. The molecule has 0 bridgehead atoms. The summed E-state index contributed by atoms with van der Waals surface area (Å²) in [4.78, 5) is 2.48. The lowest BCUT2D eigenvalue weighted by atomic mass is 10.1. The summed E-state index contributed by atoms with van der Waals surface area (Å²) in [6.07, 6.45) is 2.64. The van der Waals surface area contributed by atoms with Gasteiger partial charge < -0.3 is 10.1 Å². The van der Waals surface area contributed by atoms with Crippen LogP contribution in [0.3, 0.4) is 0 Å². The van der Waals surface area contributed by atoms with Crippen molar-refractivity contribution in [3.05, 3.63) is 29.6 Å². The summed E-state index contributed by atoms with van der Waals surface area (Å²) in [5, 5.41) is 11.9. The third-order valence-electron chi connectivity index (χ3n) is 4.08. The Morgan fingerprint density at radius 2 is 2.40 bits per heavy atom. The molecule has 3 rings (SSSR count). The van der Waals surface area contributed by atoms with Gasteiger partial charge >= 0.3 is 0 Å². The Balaban J connectivity index is 1.54. The number of nitriles is 1. The van der Waals surface area contributed by atoms with Crippen molar-refractivity contribution in [2.45, 2.75) is 25.0 Å². The molecule has 5 heteroatoms. The standard InChI is InChI=1S/C15H18FN3O/c16-15-6-12(4-3-11(15)7-17)18-8-14-9-19-5-1-2-13(19)10-20-14/h3-4,6,13-14,18H,1-2,5,8-10H2. The van der Waals surface area contributed by atoms with Gasteiger partial charge in [0, 0.05) is 24.8 Å². The number of nitrogens with zero attached hydrogens (tertiary/aromatic N) is 2. The van der Waals surface area contributed by atoms with Gasteiger partial charge in [-0.2, -0.15) is 5.26 Å². The van der Waals surface area contributed by atoms with Crippen LogP contribution in [-0.4, -0.2) is 43.3 Å². The lowest BCUT2D eigenvalue weighted by Crippen LogP contribution is -2.48. The Kier molecular flexibility index (Phi) is 3.86. The van der Waals surface area contributed by atoms with E-state index in [0.717, 1.165) is 19.7 Å². The van der Waals surface area contributed by atoms with Gasteiger partial charge in [0.2, 0.25) is 0 Å². The molecule has 4 nitrogen and oxygen atoms in total. The number of nitrogens with one attached hydrogen (secondary N) is 1. The second-order valence-corrected chi connectivity index (χ2v) is 5.43. The van der Waals surface area contributed by atoms with Crippen molar-refractivity contribution < 1.29 is 9.13 Å². The van der Waals surface area contributed by atoms with Gasteiger partial charge in [0.15, 0.2) is 0 Å². The lowest BCUT2D eigenvalue weighted by Gasteiger charge is -2.35. The maximum atomic E-state index is 13.5. The van der Waals surface area contributed by atoms with E-state index in [9.17, 15) is 4.39 Å². The number of hydrogen-bond acceptors (Lipinski definition) is 4. The Morgan fingerprint density at radius 1 is 1.50 bits per heavy atom. The maximum Gasteiger partial charge on any atom is 0.143 e. The highest BCUT2D eigenvalue weighted by Crippen LogP contribution is 2.23. The van der Waals surface area contributed by atoms with Crippen LogP contribution in [0.5, 0.6) is 0 Å². The fourth-order valence-electron chi connectivity index (χ4n) is 2.96. The van der Waals surface area contributed by atoms with Crippen LogP contribution in [0.25, 0.3) is 0 Å². The molecule has 0 radical (unpaired) electrons. The third-order valence-corrected chi connectivity index (χ3v) is 4.08. The second kappa shape index (κ2) is 5.78. The summed E-state index contributed by atoms with van der Waals surface area (Å²) in [5.41, 5.74) is 0.762. The lowest BCUT2D eigenvalue weighted by molar-refractivity contribution is -0.0415. The summed E-state index contributed by atoms with van der Waals surface area (Å²) in [5.74, 6) is -0.485. The van der Waals surface area contributed by atoms with E-state index in [1.165, 1.54) is 25.0 Å². The van der Waals surface area contributed by atoms with E-state index in [1.54, 1.807) is 6.07 Å². The van der Waals surface area contributed by atoms with E-state index in [-0.39, 0.29) is 11.7 Å². The van der Waals surface area contributed by atoms with E-state index in [1.807, 2.05) is 6.07 Å². The molecule has 2 saturated heterocycles. The molecule has 2 unspecified atom stereocenters. The molecule has 0 spiro atoms. The van der Waals surface area contributed by atoms with Crippen molar-refractivity contribution in [2.75, 3.05) is 31.6 Å². The first kappa shape index (κ1) is 13.3. The van der Waals surface area contributed by atoms with Gasteiger partial charge in [-0.15, -0.1) is 0 Å². The molecule has 2 atom stereocenters. The Labute approximate surface area is 118 Å². The SMILES string of the molecule is N#Cc1ccc(NCC2CN3CCCC3CO2)cc1F. The van der Waals surface area contributed by atoms with Crippen LogP contribution in [0.4, 0.5) is 10.1 Å². The van der Waals surface area contributed by atoms with Crippen LogP contribution < -0.4 is 5.32 Å². The fourth-order valence-corrected chi connectivity index (χ4v) is 2.96. The molecule has 0 aliphatic carbocycles. The zero-order valence-electron chi connectivity index (χ0n) is 11.3. The van der Waals surface area contributed by atoms with Crippen molar-refractivity contribution in [3.8, 4) is 6.07 Å². The van der Waals surface area contributed by atoms with E-state index in [0.29, 0.717) is 18.3 Å². The van der Waals surface area contributed by atoms with Gasteiger partial charge in [0.1, 0.15) is 11.9 Å². The topological polar surface area (TPSA) is 48.3 Å². The third kappa shape index (κ3) is 2.77. The van der Waals surface area contributed by atoms with Crippen LogP contribution in [0.1, 0.15) is 18.4 Å². The van der Waals surface area contributed by atoms with Crippen molar-refractivity contribution >= 4 is 5.69 Å². The average Bonchev–Trinajstić information content (AvgIpc) is 2.92. The molecular weight excluding hydrogens is 257 g/mol. The first-order chi connectivity index (χ1) is 9.76. The Morgan fingerprint density at radius 3 is 3.20 bits per heavy atom. The molecule has 1 aromatic carbocycles. The summed E-state index contributed by atoms with van der Waals surface area (Å²) in [6, 6.07) is 7.00. The van der Waals surface area contributed by atoms with E-state index in [2.05, 4.69) is 10.2 Å². The van der Waals surface area contributed by atoms with Gasteiger partial charge in [-0.1, -0.05) is 0 Å². The van der Waals surface area contributed by atoms with Crippen molar-refractivity contribution in [3.63, 3.8) is 0 Å². The number of ether oxygens (including phenoxy) is 1. The van der Waals surface area contributed by atoms with Crippen LogP contribution >= 0.6 is 0 Å². The van der Waals surface area contributed by atoms with Gasteiger partial charge in [-0.3, -0.25) is 4.90 Å². The normalized spacial score (nSPS) is 26.0. The predicted molar refractivity (Wildman–Crippen MR) is 73.9 cm³/mol. The van der Waals surface area contributed by atoms with Crippen LogP contribution in [0, 0.1) is 17.1 Å². The Bertz CT molecular complexity index is 528. The van der Waals surface area contributed by atoms with E-state index >= 15 is 0 Å². The van der Waals surface area contributed by atoms with E-state index < -0.39 is 5.82 Å². The predicted octanol–water partition coefficient (Wildman–Crippen LogP) is 1.97. The number of anilines is 1. The largest absolute Gasteiger partial charge is 0.382 e. The highest BCUT2D eigenvalue weighted by molar-refractivity contribution is 5.48. The van der Waals surface area contributed by atoms with Gasteiger partial charge in [-0.25, -0.2) is 4.39 Å². The zero-order valence-corrected chi connectivity index (χ0v) is 11.3. The molecule has 0 saturated carbocycles. The number of morpholine rings is 1. The van der Waals surface area contributed by atoms with Gasteiger partial charge in [-0.05, 0) is 37.6 Å². The smallest absolute Gasteiger partial charge is 0.143 e. The molecule has 2 aliphatic rings. The van der Waals surface area contributed by atoms with Crippen molar-refractivity contribution in [1.29, 1.82) is 5.26 Å². The second-order valence-electron chi connectivity index (χ2n) is 5.43. The van der Waals surface area contributed by atoms with Gasteiger partial charge in [0.05, 0.1) is 18.3 Å². The summed E-state index contributed by atoms with van der Waals surface area (Å²) < 4.78 is 19.3. The first-order valence-corrected chi connectivity index (χ1v) is 7.05. The first-order valence-electron chi connectivity index (χ1n) is 7.05. The molecule has 1 aromatic rings. The molecule has 0 amide bonds.